The molecule has 7 nitrogen and oxygen atoms in total. The van der Waals surface area contributed by atoms with Crippen LogP contribution in [-0.4, -0.2) is 43.1 Å². The molecule has 3 aromatic rings. The fourth-order valence-corrected chi connectivity index (χ4v) is 3.58. The van der Waals surface area contributed by atoms with E-state index >= 15 is 0 Å². The molecule has 0 aromatic carbocycles. The summed E-state index contributed by atoms with van der Waals surface area (Å²) >= 11 is 0. The molecule has 1 fully saturated rings. The van der Waals surface area contributed by atoms with E-state index < -0.39 is 11.9 Å². The highest BCUT2D eigenvalue weighted by atomic mass is 19.4. The average Bonchev–Trinajstić information content (AvgIpc) is 3.36. The van der Waals surface area contributed by atoms with E-state index in [9.17, 15) is 18.0 Å². The summed E-state index contributed by atoms with van der Waals surface area (Å²) in [5, 5.41) is 4.00. The van der Waals surface area contributed by atoms with Crippen LogP contribution >= 0.6 is 0 Å². The van der Waals surface area contributed by atoms with Gasteiger partial charge in [0.2, 0.25) is 0 Å². The van der Waals surface area contributed by atoms with Crippen molar-refractivity contribution in [2.24, 2.45) is 7.05 Å². The van der Waals surface area contributed by atoms with Gasteiger partial charge >= 0.3 is 6.18 Å². The van der Waals surface area contributed by atoms with E-state index in [1.54, 1.807) is 41.0 Å². The maximum absolute atomic E-state index is 13.5. The van der Waals surface area contributed by atoms with E-state index in [2.05, 4.69) is 20.1 Å². The Bertz CT molecular complexity index is 1050. The Morgan fingerprint density at radius 2 is 2.10 bits per heavy atom. The summed E-state index contributed by atoms with van der Waals surface area (Å²) in [6.07, 6.45) is 1.60. The van der Waals surface area contributed by atoms with Gasteiger partial charge in [0.25, 0.3) is 0 Å². The highest BCUT2D eigenvalue weighted by molar-refractivity contribution is 5.96. The summed E-state index contributed by atoms with van der Waals surface area (Å²) in [7, 11) is 1.72. The maximum atomic E-state index is 13.5. The lowest BCUT2D eigenvalue weighted by Gasteiger charge is -2.26. The molecule has 0 bridgehead atoms. The van der Waals surface area contributed by atoms with E-state index in [1.807, 2.05) is 0 Å². The Morgan fingerprint density at radius 3 is 2.77 bits per heavy atom. The Kier molecular flexibility index (Phi) is 5.23. The van der Waals surface area contributed by atoms with Crippen LogP contribution in [0.4, 0.5) is 19.0 Å². The molecule has 1 saturated heterocycles. The van der Waals surface area contributed by atoms with Crippen LogP contribution < -0.4 is 4.90 Å². The number of anilines is 1. The largest absolute Gasteiger partial charge is 0.433 e. The molecule has 0 aliphatic carbocycles. The smallest absolute Gasteiger partial charge is 0.353 e. The molecule has 3 aromatic heterocycles. The van der Waals surface area contributed by atoms with Crippen LogP contribution in [0.1, 0.15) is 35.3 Å². The number of hydrogen-bond acceptors (Lipinski definition) is 6. The lowest BCUT2D eigenvalue weighted by atomic mass is 10.0. The number of Topliss-reactive ketones (excluding diaryl/α,β-unsaturated/α-hetero) is 1. The third-order valence-electron chi connectivity index (χ3n) is 5.02. The summed E-state index contributed by atoms with van der Waals surface area (Å²) in [4.78, 5) is 26.5. The van der Waals surface area contributed by atoms with Crippen molar-refractivity contribution >= 4 is 11.6 Å². The number of hydrogen-bond donors (Lipinski definition) is 0. The highest BCUT2D eigenvalue weighted by Gasteiger charge is 2.36. The van der Waals surface area contributed by atoms with Crippen molar-refractivity contribution in [1.82, 2.24) is 24.7 Å². The molecular formula is C20H19F3N6O. The summed E-state index contributed by atoms with van der Waals surface area (Å²) in [5.74, 6) is -0.0424. The molecule has 0 N–H and O–H groups in total. The molecule has 0 radical (unpaired) electrons. The summed E-state index contributed by atoms with van der Waals surface area (Å²) in [6, 6.07) is 5.59. The second-order valence-corrected chi connectivity index (χ2v) is 7.17. The van der Waals surface area contributed by atoms with Crippen molar-refractivity contribution < 1.29 is 18.0 Å². The number of aryl methyl sites for hydroxylation is 1. The van der Waals surface area contributed by atoms with Crippen LogP contribution in [0, 0.1) is 0 Å². The van der Waals surface area contributed by atoms with Gasteiger partial charge in [0, 0.05) is 44.5 Å². The van der Waals surface area contributed by atoms with Gasteiger partial charge < -0.3 is 4.90 Å². The first-order valence-corrected chi connectivity index (χ1v) is 9.47. The Balaban J connectivity index is 1.66. The summed E-state index contributed by atoms with van der Waals surface area (Å²) in [5.41, 5.74) is -0.290. The fraction of sp³-hybridized carbons (Fsp3) is 0.350. The molecule has 0 saturated carbocycles. The lowest BCUT2D eigenvalue weighted by Crippen LogP contribution is -2.32. The molecule has 0 spiro atoms. The molecule has 156 valence electrons. The number of carbonyl (C=O) groups excluding carboxylic acids is 1. The summed E-state index contributed by atoms with van der Waals surface area (Å²) < 4.78 is 42.0. The third kappa shape index (κ3) is 4.17. The molecular weight excluding hydrogens is 397 g/mol. The topological polar surface area (TPSA) is 76.8 Å². The zero-order valence-electron chi connectivity index (χ0n) is 16.2. The predicted octanol–water partition coefficient (Wildman–Crippen LogP) is 3.53. The number of ketones is 1. The van der Waals surface area contributed by atoms with Gasteiger partial charge in [0.05, 0.1) is 11.8 Å². The van der Waals surface area contributed by atoms with Gasteiger partial charge in [0.15, 0.2) is 17.3 Å². The van der Waals surface area contributed by atoms with E-state index in [0.29, 0.717) is 18.5 Å². The second kappa shape index (κ2) is 7.85. The van der Waals surface area contributed by atoms with Gasteiger partial charge in [-0.25, -0.2) is 9.97 Å². The first-order valence-electron chi connectivity index (χ1n) is 9.47. The standard InChI is InChI=1S/C20H19F3N6O/c1-28-12-13(11-25-28)16(30)9-14-5-4-8-29(14)18-10-17(20(21,22)23)26-19(27-18)15-6-2-3-7-24-15/h2-3,6-7,10-12,14H,4-5,8-9H2,1H3. The number of carbonyl (C=O) groups is 1. The zero-order valence-corrected chi connectivity index (χ0v) is 16.2. The normalized spacial score (nSPS) is 16.8. The molecule has 4 rings (SSSR count). The molecule has 0 amide bonds. The van der Waals surface area contributed by atoms with Crippen LogP contribution in [0.25, 0.3) is 11.5 Å². The SMILES string of the molecule is Cn1cc(C(=O)CC2CCCN2c2cc(C(F)(F)F)nc(-c3ccccn3)n2)cn1. The fourth-order valence-electron chi connectivity index (χ4n) is 3.58. The van der Waals surface area contributed by atoms with Gasteiger partial charge in [-0.3, -0.25) is 14.5 Å². The molecule has 4 heterocycles. The van der Waals surface area contributed by atoms with Gasteiger partial charge in [-0.2, -0.15) is 18.3 Å². The number of aromatic nitrogens is 5. The van der Waals surface area contributed by atoms with E-state index in [-0.39, 0.29) is 35.6 Å². The van der Waals surface area contributed by atoms with Gasteiger partial charge in [-0.15, -0.1) is 0 Å². The van der Waals surface area contributed by atoms with E-state index in [0.717, 1.165) is 12.5 Å². The van der Waals surface area contributed by atoms with Gasteiger partial charge in [0.1, 0.15) is 11.5 Å². The second-order valence-electron chi connectivity index (χ2n) is 7.17. The minimum absolute atomic E-state index is 0.0929. The molecule has 30 heavy (non-hydrogen) atoms. The number of rotatable bonds is 5. The molecule has 10 heteroatoms. The van der Waals surface area contributed by atoms with Crippen molar-refractivity contribution in [2.45, 2.75) is 31.5 Å². The minimum Gasteiger partial charge on any atom is -0.353 e. The minimum atomic E-state index is -4.62. The first-order chi connectivity index (χ1) is 14.3. The highest BCUT2D eigenvalue weighted by Crippen LogP contribution is 2.34. The Morgan fingerprint density at radius 1 is 1.27 bits per heavy atom. The van der Waals surface area contributed by atoms with E-state index in [1.165, 1.54) is 12.4 Å². The Labute approximate surface area is 170 Å². The maximum Gasteiger partial charge on any atom is 0.433 e. The number of nitrogens with zero attached hydrogens (tertiary/aromatic N) is 6. The number of alkyl halides is 3. The van der Waals surface area contributed by atoms with Crippen molar-refractivity contribution in [1.29, 1.82) is 0 Å². The summed E-state index contributed by atoms with van der Waals surface area (Å²) in [6.45, 7) is 0.515. The van der Waals surface area contributed by atoms with Crippen molar-refractivity contribution in [3.63, 3.8) is 0 Å². The monoisotopic (exact) mass is 416 g/mol. The lowest BCUT2D eigenvalue weighted by molar-refractivity contribution is -0.141. The molecule has 1 unspecified atom stereocenters. The van der Waals surface area contributed by atoms with Crippen LogP contribution in [0.3, 0.4) is 0 Å². The van der Waals surface area contributed by atoms with E-state index in [4.69, 9.17) is 0 Å². The Hall–Kier alpha value is -3.30. The number of halogens is 3. The molecule has 1 atom stereocenters. The van der Waals surface area contributed by atoms with Crippen molar-refractivity contribution in [3.05, 3.63) is 54.1 Å². The van der Waals surface area contributed by atoms with Gasteiger partial charge in [-0.05, 0) is 25.0 Å². The molecule has 1 aliphatic heterocycles. The zero-order chi connectivity index (χ0) is 21.3. The van der Waals surface area contributed by atoms with Crippen molar-refractivity contribution in [2.75, 3.05) is 11.4 Å². The van der Waals surface area contributed by atoms with Crippen LogP contribution in [-0.2, 0) is 13.2 Å². The first kappa shape index (κ1) is 20.0. The molecule has 1 aliphatic rings. The van der Waals surface area contributed by atoms with Gasteiger partial charge in [-0.1, -0.05) is 6.07 Å². The predicted molar refractivity (Wildman–Crippen MR) is 103 cm³/mol. The quantitative estimate of drug-likeness (QED) is 0.593. The van der Waals surface area contributed by atoms with Crippen LogP contribution in [0.15, 0.2) is 42.9 Å². The van der Waals surface area contributed by atoms with Crippen LogP contribution in [0.5, 0.6) is 0 Å². The van der Waals surface area contributed by atoms with Crippen molar-refractivity contribution in [3.8, 4) is 11.5 Å². The van der Waals surface area contributed by atoms with Crippen LogP contribution in [0.2, 0.25) is 0 Å². The average molecular weight is 416 g/mol. The number of pyridine rings is 1. The third-order valence-corrected chi connectivity index (χ3v) is 5.02.